The van der Waals surface area contributed by atoms with Gasteiger partial charge in [0.05, 0.1) is 28.9 Å². The number of carbonyl (C=O) groups is 1. The molecule has 1 aliphatic rings. The summed E-state index contributed by atoms with van der Waals surface area (Å²) in [5, 5.41) is 10.0. The molecule has 0 fully saturated rings. The van der Waals surface area contributed by atoms with Crippen molar-refractivity contribution in [1.82, 2.24) is 14.9 Å². The standard InChI is InChI=1S/C19H22Cl2N4O3/c1-11(2)25(7-8-26)19-22-16-10-24(6-5-13(16)17(27)23-19)18(28)12-3-4-14(20)15(21)9-12/h3-4,9,11,26H,5-8,10H2,1-2H3,(H,22,23,27). The number of halogens is 2. The van der Waals surface area contributed by atoms with Gasteiger partial charge >= 0.3 is 0 Å². The molecule has 7 nitrogen and oxygen atoms in total. The minimum absolute atomic E-state index is 0.0471. The number of nitrogens with one attached hydrogen (secondary N) is 1. The third-order valence-electron chi connectivity index (χ3n) is 4.75. The molecule has 0 unspecified atom stereocenters. The van der Waals surface area contributed by atoms with E-state index in [0.717, 1.165) is 0 Å². The first-order valence-electron chi connectivity index (χ1n) is 9.05. The molecule has 0 saturated carbocycles. The van der Waals surface area contributed by atoms with Gasteiger partial charge in [0.25, 0.3) is 11.5 Å². The Morgan fingerprint density at radius 3 is 2.75 bits per heavy atom. The lowest BCUT2D eigenvalue weighted by molar-refractivity contribution is 0.0731. The molecule has 0 saturated heterocycles. The number of rotatable bonds is 5. The third kappa shape index (κ3) is 4.16. The zero-order valence-electron chi connectivity index (χ0n) is 15.7. The van der Waals surface area contributed by atoms with Crippen molar-refractivity contribution in [2.24, 2.45) is 0 Å². The van der Waals surface area contributed by atoms with Crippen LogP contribution in [0.5, 0.6) is 0 Å². The molecule has 0 radical (unpaired) electrons. The van der Waals surface area contributed by atoms with E-state index in [1.54, 1.807) is 23.1 Å². The van der Waals surface area contributed by atoms with E-state index in [0.29, 0.717) is 52.3 Å². The average molecular weight is 425 g/mol. The Balaban J connectivity index is 1.90. The highest BCUT2D eigenvalue weighted by atomic mass is 35.5. The van der Waals surface area contributed by atoms with Crippen LogP contribution in [-0.4, -0.2) is 51.6 Å². The van der Waals surface area contributed by atoms with Gasteiger partial charge in [-0.05, 0) is 38.5 Å². The Labute approximate surface area is 172 Å². The van der Waals surface area contributed by atoms with Gasteiger partial charge in [-0.15, -0.1) is 0 Å². The summed E-state index contributed by atoms with van der Waals surface area (Å²) in [7, 11) is 0. The van der Waals surface area contributed by atoms with Crippen LogP contribution in [-0.2, 0) is 13.0 Å². The Bertz CT molecular complexity index is 945. The molecule has 1 amide bonds. The summed E-state index contributed by atoms with van der Waals surface area (Å²) >= 11 is 12.0. The summed E-state index contributed by atoms with van der Waals surface area (Å²) in [6, 6.07) is 4.81. The molecule has 3 rings (SSSR count). The highest BCUT2D eigenvalue weighted by Crippen LogP contribution is 2.25. The normalized spacial score (nSPS) is 13.6. The number of nitrogens with zero attached hydrogens (tertiary/aromatic N) is 3. The van der Waals surface area contributed by atoms with Crippen molar-refractivity contribution in [3.63, 3.8) is 0 Å². The number of aromatic nitrogens is 2. The van der Waals surface area contributed by atoms with Crippen LogP contribution in [0.3, 0.4) is 0 Å². The van der Waals surface area contributed by atoms with Crippen LogP contribution >= 0.6 is 23.2 Å². The van der Waals surface area contributed by atoms with Crippen LogP contribution in [0.4, 0.5) is 5.95 Å². The predicted molar refractivity (Wildman–Crippen MR) is 109 cm³/mol. The summed E-state index contributed by atoms with van der Waals surface area (Å²) in [5.74, 6) is 0.209. The van der Waals surface area contributed by atoms with E-state index in [9.17, 15) is 14.7 Å². The lowest BCUT2D eigenvalue weighted by atomic mass is 10.1. The van der Waals surface area contributed by atoms with Crippen LogP contribution in [0.2, 0.25) is 10.0 Å². The summed E-state index contributed by atoms with van der Waals surface area (Å²) in [6.07, 6.45) is 0.423. The molecule has 28 heavy (non-hydrogen) atoms. The molecule has 0 bridgehead atoms. The number of hydrogen-bond donors (Lipinski definition) is 2. The van der Waals surface area contributed by atoms with Gasteiger partial charge in [0, 0.05) is 30.3 Å². The van der Waals surface area contributed by atoms with E-state index in [1.165, 1.54) is 0 Å². The Morgan fingerprint density at radius 2 is 2.11 bits per heavy atom. The predicted octanol–water partition coefficient (Wildman–Crippen LogP) is 2.48. The molecular formula is C19H22Cl2N4O3. The first-order valence-corrected chi connectivity index (χ1v) is 9.81. The van der Waals surface area contributed by atoms with Gasteiger partial charge in [0.15, 0.2) is 0 Å². The second-order valence-corrected chi connectivity index (χ2v) is 7.75. The summed E-state index contributed by atoms with van der Waals surface area (Å²) in [5.41, 5.74) is 1.40. The fraction of sp³-hybridized carbons (Fsp3) is 0.421. The van der Waals surface area contributed by atoms with Crippen LogP contribution < -0.4 is 10.5 Å². The van der Waals surface area contributed by atoms with Crippen molar-refractivity contribution in [2.75, 3.05) is 24.6 Å². The maximum atomic E-state index is 12.9. The maximum Gasteiger partial charge on any atom is 0.255 e. The molecule has 0 aliphatic carbocycles. The quantitative estimate of drug-likeness (QED) is 0.769. The van der Waals surface area contributed by atoms with Gasteiger partial charge in [-0.3, -0.25) is 14.6 Å². The molecule has 0 atom stereocenters. The Kier molecular flexibility index (Phi) is 6.27. The zero-order valence-corrected chi connectivity index (χ0v) is 17.2. The molecule has 9 heteroatoms. The molecule has 2 N–H and O–H groups in total. The van der Waals surface area contributed by atoms with Crippen molar-refractivity contribution in [3.8, 4) is 0 Å². The molecule has 2 aromatic rings. The smallest absolute Gasteiger partial charge is 0.255 e. The van der Waals surface area contributed by atoms with Crippen LogP contribution in [0, 0.1) is 0 Å². The number of anilines is 1. The minimum atomic E-state index is -0.203. The first-order chi connectivity index (χ1) is 13.3. The van der Waals surface area contributed by atoms with E-state index < -0.39 is 0 Å². The summed E-state index contributed by atoms with van der Waals surface area (Å²) < 4.78 is 0. The lowest BCUT2D eigenvalue weighted by Crippen LogP contribution is -2.41. The number of H-pyrrole nitrogens is 1. The fourth-order valence-corrected chi connectivity index (χ4v) is 3.56. The number of hydrogen-bond acceptors (Lipinski definition) is 5. The van der Waals surface area contributed by atoms with Gasteiger partial charge in [0.1, 0.15) is 0 Å². The first kappa shape index (κ1) is 20.6. The zero-order chi connectivity index (χ0) is 20.4. The molecule has 150 valence electrons. The Hall–Kier alpha value is -2.09. The monoisotopic (exact) mass is 424 g/mol. The van der Waals surface area contributed by atoms with E-state index in [1.807, 2.05) is 18.7 Å². The highest BCUT2D eigenvalue weighted by molar-refractivity contribution is 6.42. The third-order valence-corrected chi connectivity index (χ3v) is 5.49. The molecule has 0 spiro atoms. The molecule has 2 heterocycles. The van der Waals surface area contributed by atoms with E-state index in [4.69, 9.17) is 23.2 Å². The largest absolute Gasteiger partial charge is 0.395 e. The van der Waals surface area contributed by atoms with Gasteiger partial charge in [0.2, 0.25) is 5.95 Å². The van der Waals surface area contributed by atoms with Crippen molar-refractivity contribution in [2.45, 2.75) is 32.9 Å². The topological polar surface area (TPSA) is 89.5 Å². The second kappa shape index (κ2) is 8.51. The highest BCUT2D eigenvalue weighted by Gasteiger charge is 2.26. The van der Waals surface area contributed by atoms with Crippen LogP contribution in [0.1, 0.15) is 35.5 Å². The number of aliphatic hydroxyl groups excluding tert-OH is 1. The van der Waals surface area contributed by atoms with Gasteiger partial charge in [-0.25, -0.2) is 4.98 Å². The molecule has 1 aromatic carbocycles. The fourth-order valence-electron chi connectivity index (χ4n) is 3.26. The summed E-state index contributed by atoms with van der Waals surface area (Å²) in [4.78, 5) is 36.2. The van der Waals surface area contributed by atoms with Crippen molar-refractivity contribution in [3.05, 3.63) is 55.4 Å². The lowest BCUT2D eigenvalue weighted by Gasteiger charge is -2.30. The maximum absolute atomic E-state index is 12.9. The second-order valence-electron chi connectivity index (χ2n) is 6.93. The number of aliphatic hydroxyl groups is 1. The van der Waals surface area contributed by atoms with Gasteiger partial charge < -0.3 is 14.9 Å². The van der Waals surface area contributed by atoms with Crippen LogP contribution in [0.15, 0.2) is 23.0 Å². The number of aromatic amines is 1. The van der Waals surface area contributed by atoms with E-state index in [2.05, 4.69) is 9.97 Å². The van der Waals surface area contributed by atoms with Crippen molar-refractivity contribution < 1.29 is 9.90 Å². The molecular weight excluding hydrogens is 403 g/mol. The Morgan fingerprint density at radius 1 is 1.36 bits per heavy atom. The minimum Gasteiger partial charge on any atom is -0.395 e. The summed E-state index contributed by atoms with van der Waals surface area (Å²) in [6.45, 7) is 4.85. The number of carbonyl (C=O) groups excluding carboxylic acids is 1. The van der Waals surface area contributed by atoms with Gasteiger partial charge in [-0.2, -0.15) is 0 Å². The average Bonchev–Trinajstić information content (AvgIpc) is 2.66. The van der Waals surface area contributed by atoms with E-state index >= 15 is 0 Å². The number of amides is 1. The van der Waals surface area contributed by atoms with Crippen LogP contribution in [0.25, 0.3) is 0 Å². The molecule has 1 aromatic heterocycles. The van der Waals surface area contributed by atoms with Gasteiger partial charge in [-0.1, -0.05) is 23.2 Å². The van der Waals surface area contributed by atoms with E-state index in [-0.39, 0.29) is 30.7 Å². The van der Waals surface area contributed by atoms with Crippen molar-refractivity contribution >= 4 is 35.1 Å². The SMILES string of the molecule is CC(C)N(CCO)c1nc2c(c(=O)[nH]1)CCN(C(=O)c1ccc(Cl)c(Cl)c1)C2. The van der Waals surface area contributed by atoms with Crippen molar-refractivity contribution in [1.29, 1.82) is 0 Å². The number of benzene rings is 1. The molecule has 1 aliphatic heterocycles. The number of fused-ring (bicyclic) bond motifs is 1.